The summed E-state index contributed by atoms with van der Waals surface area (Å²) in [5.74, 6) is 0.915. The third-order valence-corrected chi connectivity index (χ3v) is 5.25. The van der Waals surface area contributed by atoms with Crippen LogP contribution in [0.15, 0.2) is 0 Å². The summed E-state index contributed by atoms with van der Waals surface area (Å²) >= 11 is 0. The van der Waals surface area contributed by atoms with Crippen molar-refractivity contribution in [3.63, 3.8) is 0 Å². The van der Waals surface area contributed by atoms with E-state index in [2.05, 4.69) is 0 Å². The SMILES string of the molecule is C[C@@H](N)C(O)(C1CCCCC1)C1CCCCC1. The maximum atomic E-state index is 11.2. The number of nitrogens with two attached hydrogens (primary N) is 1. The van der Waals surface area contributed by atoms with Crippen LogP contribution in [0.5, 0.6) is 0 Å². The Balaban J connectivity index is 2.11. The first-order valence-electron chi connectivity index (χ1n) is 7.63. The Morgan fingerprint density at radius 3 is 1.53 bits per heavy atom. The van der Waals surface area contributed by atoms with E-state index >= 15 is 0 Å². The molecule has 0 bridgehead atoms. The Kier molecular flexibility index (Phi) is 4.48. The molecule has 17 heavy (non-hydrogen) atoms. The lowest BCUT2D eigenvalue weighted by molar-refractivity contribution is -0.106. The molecule has 100 valence electrons. The lowest BCUT2D eigenvalue weighted by Gasteiger charge is -2.48. The highest BCUT2D eigenvalue weighted by molar-refractivity contribution is 4.99. The van der Waals surface area contributed by atoms with Gasteiger partial charge in [-0.1, -0.05) is 38.5 Å². The Hall–Kier alpha value is -0.0800. The second kappa shape index (κ2) is 5.71. The first-order chi connectivity index (χ1) is 8.15. The van der Waals surface area contributed by atoms with Crippen molar-refractivity contribution in [3.8, 4) is 0 Å². The van der Waals surface area contributed by atoms with E-state index in [9.17, 15) is 5.11 Å². The normalized spacial score (nSPS) is 27.0. The predicted octanol–water partition coefficient (Wildman–Crippen LogP) is 3.23. The summed E-state index contributed by atoms with van der Waals surface area (Å²) in [4.78, 5) is 0. The van der Waals surface area contributed by atoms with E-state index in [1.54, 1.807) is 0 Å². The van der Waals surface area contributed by atoms with Gasteiger partial charge < -0.3 is 10.8 Å². The third-order valence-electron chi connectivity index (χ3n) is 5.25. The Bertz CT molecular complexity index is 209. The van der Waals surface area contributed by atoms with Gasteiger partial charge in [0.25, 0.3) is 0 Å². The summed E-state index contributed by atoms with van der Waals surface area (Å²) in [7, 11) is 0. The van der Waals surface area contributed by atoms with E-state index in [1.165, 1.54) is 64.2 Å². The van der Waals surface area contributed by atoms with E-state index in [0.29, 0.717) is 11.8 Å². The van der Waals surface area contributed by atoms with Crippen LogP contribution in [-0.2, 0) is 0 Å². The highest BCUT2D eigenvalue weighted by atomic mass is 16.3. The molecule has 2 aliphatic rings. The molecule has 2 heteroatoms. The van der Waals surface area contributed by atoms with E-state index in [4.69, 9.17) is 5.73 Å². The molecule has 2 nitrogen and oxygen atoms in total. The van der Waals surface area contributed by atoms with Crippen molar-refractivity contribution >= 4 is 0 Å². The van der Waals surface area contributed by atoms with Gasteiger partial charge in [-0.05, 0) is 44.4 Å². The molecule has 1 atom stereocenters. The molecule has 0 aromatic rings. The zero-order valence-corrected chi connectivity index (χ0v) is 11.3. The van der Waals surface area contributed by atoms with Crippen LogP contribution in [0.1, 0.15) is 71.1 Å². The number of rotatable bonds is 3. The van der Waals surface area contributed by atoms with Gasteiger partial charge in [-0.2, -0.15) is 0 Å². The van der Waals surface area contributed by atoms with Crippen LogP contribution in [0.2, 0.25) is 0 Å². The fourth-order valence-electron chi connectivity index (χ4n) is 4.21. The summed E-state index contributed by atoms with van der Waals surface area (Å²) in [5.41, 5.74) is 5.60. The van der Waals surface area contributed by atoms with Gasteiger partial charge in [-0.25, -0.2) is 0 Å². The van der Waals surface area contributed by atoms with Gasteiger partial charge in [0.1, 0.15) is 0 Å². The Labute approximate surface area is 106 Å². The molecule has 2 aliphatic carbocycles. The molecule has 2 rings (SSSR count). The Morgan fingerprint density at radius 1 is 0.882 bits per heavy atom. The van der Waals surface area contributed by atoms with Gasteiger partial charge in [0, 0.05) is 6.04 Å². The molecule has 0 spiro atoms. The van der Waals surface area contributed by atoms with Crippen molar-refractivity contribution in [1.82, 2.24) is 0 Å². The van der Waals surface area contributed by atoms with E-state index in [1.807, 2.05) is 6.92 Å². The average molecular weight is 239 g/mol. The number of aliphatic hydroxyl groups is 1. The van der Waals surface area contributed by atoms with Crippen molar-refractivity contribution in [1.29, 1.82) is 0 Å². The molecule has 0 unspecified atom stereocenters. The van der Waals surface area contributed by atoms with E-state index in [-0.39, 0.29) is 6.04 Å². The molecule has 3 N–H and O–H groups in total. The first-order valence-corrected chi connectivity index (χ1v) is 7.63. The summed E-state index contributed by atoms with van der Waals surface area (Å²) in [5, 5.41) is 11.2. The van der Waals surface area contributed by atoms with Crippen molar-refractivity contribution < 1.29 is 5.11 Å². The smallest absolute Gasteiger partial charge is 0.0851 e. The van der Waals surface area contributed by atoms with Crippen LogP contribution in [0, 0.1) is 11.8 Å². The summed E-state index contributed by atoms with van der Waals surface area (Å²) in [6.45, 7) is 2.02. The molecule has 2 fully saturated rings. The molecule has 0 aromatic carbocycles. The van der Waals surface area contributed by atoms with Crippen LogP contribution in [0.3, 0.4) is 0 Å². The molecule has 0 radical (unpaired) electrons. The summed E-state index contributed by atoms with van der Waals surface area (Å²) in [6.07, 6.45) is 12.6. The maximum Gasteiger partial charge on any atom is 0.0851 e. The van der Waals surface area contributed by atoms with Gasteiger partial charge >= 0.3 is 0 Å². The van der Waals surface area contributed by atoms with Gasteiger partial charge in [0.05, 0.1) is 5.60 Å². The molecule has 2 saturated carbocycles. The van der Waals surface area contributed by atoms with Crippen molar-refractivity contribution in [2.75, 3.05) is 0 Å². The molecule has 0 aromatic heterocycles. The third kappa shape index (κ3) is 2.68. The maximum absolute atomic E-state index is 11.2. The van der Waals surface area contributed by atoms with Crippen LogP contribution < -0.4 is 5.73 Å². The lowest BCUT2D eigenvalue weighted by Crippen LogP contribution is -2.57. The van der Waals surface area contributed by atoms with E-state index < -0.39 is 5.60 Å². The van der Waals surface area contributed by atoms with Gasteiger partial charge in [0.15, 0.2) is 0 Å². The van der Waals surface area contributed by atoms with E-state index in [0.717, 1.165) is 0 Å². The van der Waals surface area contributed by atoms with Gasteiger partial charge in [-0.3, -0.25) is 0 Å². The fourth-order valence-corrected chi connectivity index (χ4v) is 4.21. The van der Waals surface area contributed by atoms with Gasteiger partial charge in [-0.15, -0.1) is 0 Å². The predicted molar refractivity (Wildman–Crippen MR) is 71.7 cm³/mol. The van der Waals surface area contributed by atoms with Crippen molar-refractivity contribution in [2.45, 2.75) is 82.8 Å². The quantitative estimate of drug-likeness (QED) is 0.794. The molecule has 0 aliphatic heterocycles. The molecule has 0 saturated heterocycles. The number of hydrogen-bond donors (Lipinski definition) is 2. The van der Waals surface area contributed by atoms with Crippen LogP contribution in [0.4, 0.5) is 0 Å². The molecule has 0 amide bonds. The molecule has 0 heterocycles. The van der Waals surface area contributed by atoms with Gasteiger partial charge in [0.2, 0.25) is 0 Å². The largest absolute Gasteiger partial charge is 0.388 e. The summed E-state index contributed by atoms with van der Waals surface area (Å²) in [6, 6.07) is -0.0753. The number of hydrogen-bond acceptors (Lipinski definition) is 2. The second-order valence-electron chi connectivity index (χ2n) is 6.35. The minimum atomic E-state index is -0.582. The standard InChI is InChI=1S/C15H29NO/c1-12(16)15(17,13-8-4-2-5-9-13)14-10-6-3-7-11-14/h12-14,17H,2-11,16H2,1H3/t12-/m1/s1. The highest BCUT2D eigenvalue weighted by Gasteiger charge is 2.46. The fraction of sp³-hybridized carbons (Fsp3) is 1.00. The second-order valence-corrected chi connectivity index (χ2v) is 6.35. The zero-order chi connectivity index (χ0) is 12.3. The minimum absolute atomic E-state index is 0.0753. The van der Waals surface area contributed by atoms with Crippen LogP contribution in [-0.4, -0.2) is 16.7 Å². The van der Waals surface area contributed by atoms with Crippen molar-refractivity contribution in [3.05, 3.63) is 0 Å². The van der Waals surface area contributed by atoms with Crippen LogP contribution in [0.25, 0.3) is 0 Å². The van der Waals surface area contributed by atoms with Crippen molar-refractivity contribution in [2.24, 2.45) is 17.6 Å². The molecular formula is C15H29NO. The van der Waals surface area contributed by atoms with Crippen LogP contribution >= 0.6 is 0 Å². The first kappa shape index (κ1) is 13.4. The Morgan fingerprint density at radius 2 is 1.24 bits per heavy atom. The average Bonchev–Trinajstić information content (AvgIpc) is 2.39. The zero-order valence-electron chi connectivity index (χ0n) is 11.3. The monoisotopic (exact) mass is 239 g/mol. The minimum Gasteiger partial charge on any atom is -0.388 e. The highest BCUT2D eigenvalue weighted by Crippen LogP contribution is 2.44. The summed E-state index contributed by atoms with van der Waals surface area (Å²) < 4.78 is 0. The topological polar surface area (TPSA) is 46.2 Å². The lowest BCUT2D eigenvalue weighted by atomic mass is 9.64. The molecular weight excluding hydrogens is 210 g/mol.